The zero-order valence-electron chi connectivity index (χ0n) is 16.4. The topological polar surface area (TPSA) is 81.2 Å². The number of hydrogen-bond acceptors (Lipinski definition) is 5. The van der Waals surface area contributed by atoms with Gasteiger partial charge in [0.15, 0.2) is 5.89 Å². The first-order chi connectivity index (χ1) is 13.8. The van der Waals surface area contributed by atoms with E-state index in [4.69, 9.17) is 4.42 Å². The van der Waals surface area contributed by atoms with Gasteiger partial charge in [-0.3, -0.25) is 4.68 Å². The second-order valence-corrected chi connectivity index (χ2v) is 9.33. The fourth-order valence-electron chi connectivity index (χ4n) is 3.77. The number of aryl methyl sites for hydroxylation is 2. The monoisotopic (exact) mass is 418 g/mol. The van der Waals surface area contributed by atoms with Gasteiger partial charge in [-0.2, -0.15) is 9.40 Å². The number of aromatic nitrogens is 3. The Hall–Kier alpha value is -2.52. The molecule has 2 aromatic heterocycles. The third kappa shape index (κ3) is 4.11. The molecule has 154 valence electrons. The van der Waals surface area contributed by atoms with Crippen molar-refractivity contribution in [3.05, 3.63) is 65.4 Å². The van der Waals surface area contributed by atoms with E-state index < -0.39 is 10.0 Å². The van der Waals surface area contributed by atoms with Crippen molar-refractivity contribution in [1.29, 1.82) is 0 Å². The van der Waals surface area contributed by atoms with Gasteiger partial charge in [0.25, 0.3) is 0 Å². The van der Waals surface area contributed by atoms with Crippen LogP contribution in [0.4, 0.5) is 4.39 Å². The van der Waals surface area contributed by atoms with Crippen molar-refractivity contribution < 1.29 is 17.2 Å². The van der Waals surface area contributed by atoms with Crippen LogP contribution in [0.15, 0.2) is 46.0 Å². The van der Waals surface area contributed by atoms with Gasteiger partial charge in [-0.15, -0.1) is 0 Å². The number of sulfonamides is 1. The summed E-state index contributed by atoms with van der Waals surface area (Å²) in [5, 5.41) is 4.15. The van der Waals surface area contributed by atoms with Crippen LogP contribution in [0.5, 0.6) is 0 Å². The summed E-state index contributed by atoms with van der Waals surface area (Å²) < 4.78 is 48.4. The van der Waals surface area contributed by atoms with Gasteiger partial charge in [-0.1, -0.05) is 12.1 Å². The van der Waals surface area contributed by atoms with Crippen molar-refractivity contribution in [2.24, 2.45) is 7.05 Å². The number of piperidine rings is 1. The maximum Gasteiger partial charge on any atom is 0.246 e. The third-order valence-corrected chi connectivity index (χ3v) is 7.13. The average molecular weight is 418 g/mol. The Morgan fingerprint density at radius 2 is 2.17 bits per heavy atom. The number of benzene rings is 1. The van der Waals surface area contributed by atoms with Crippen LogP contribution in [0.25, 0.3) is 0 Å². The lowest BCUT2D eigenvalue weighted by Crippen LogP contribution is -2.39. The number of nitrogens with zero attached hydrogens (tertiary/aromatic N) is 4. The SMILES string of the molecule is Cc1nn(C)cc1S(=O)(=O)N1CCC[C@H](c2ncc(Cc3cccc(F)c3)o2)C1. The summed E-state index contributed by atoms with van der Waals surface area (Å²) in [6.45, 7) is 2.47. The van der Waals surface area contributed by atoms with Crippen LogP contribution in [-0.4, -0.2) is 40.6 Å². The molecular weight excluding hydrogens is 395 g/mol. The highest BCUT2D eigenvalue weighted by Gasteiger charge is 2.34. The van der Waals surface area contributed by atoms with Gasteiger partial charge >= 0.3 is 0 Å². The fourth-order valence-corrected chi connectivity index (χ4v) is 5.50. The molecule has 3 aromatic rings. The quantitative estimate of drug-likeness (QED) is 0.636. The average Bonchev–Trinajstić information content (AvgIpc) is 3.28. The van der Waals surface area contributed by atoms with Crippen LogP contribution < -0.4 is 0 Å². The van der Waals surface area contributed by atoms with Gasteiger partial charge in [0.2, 0.25) is 10.0 Å². The van der Waals surface area contributed by atoms with E-state index in [0.717, 1.165) is 18.4 Å². The lowest BCUT2D eigenvalue weighted by molar-refractivity contribution is 0.281. The largest absolute Gasteiger partial charge is 0.445 e. The molecule has 0 saturated carbocycles. The smallest absolute Gasteiger partial charge is 0.246 e. The zero-order valence-corrected chi connectivity index (χ0v) is 17.2. The maximum absolute atomic E-state index is 13.4. The fraction of sp³-hybridized carbons (Fsp3) is 0.400. The molecule has 7 nitrogen and oxygen atoms in total. The van der Waals surface area contributed by atoms with Gasteiger partial charge in [-0.05, 0) is 37.5 Å². The van der Waals surface area contributed by atoms with Crippen molar-refractivity contribution in [3.63, 3.8) is 0 Å². The highest BCUT2D eigenvalue weighted by atomic mass is 32.2. The van der Waals surface area contributed by atoms with Crippen LogP contribution in [0.1, 0.15) is 41.7 Å². The molecule has 1 atom stereocenters. The summed E-state index contributed by atoms with van der Waals surface area (Å²) in [5.74, 6) is 0.755. The molecule has 1 aliphatic rings. The van der Waals surface area contributed by atoms with E-state index in [1.165, 1.54) is 27.3 Å². The van der Waals surface area contributed by atoms with Crippen LogP contribution in [0, 0.1) is 12.7 Å². The summed E-state index contributed by atoms with van der Waals surface area (Å²) in [6.07, 6.45) is 5.15. The van der Waals surface area contributed by atoms with E-state index in [2.05, 4.69) is 10.1 Å². The van der Waals surface area contributed by atoms with Crippen molar-refractivity contribution in [1.82, 2.24) is 19.1 Å². The summed E-state index contributed by atoms with van der Waals surface area (Å²) in [5.41, 5.74) is 1.29. The first-order valence-corrected chi connectivity index (χ1v) is 11.0. The zero-order chi connectivity index (χ0) is 20.6. The molecule has 0 aliphatic carbocycles. The summed E-state index contributed by atoms with van der Waals surface area (Å²) in [4.78, 5) is 4.61. The Morgan fingerprint density at radius 3 is 2.90 bits per heavy atom. The second-order valence-electron chi connectivity index (χ2n) is 7.43. The van der Waals surface area contributed by atoms with E-state index in [-0.39, 0.29) is 16.6 Å². The minimum absolute atomic E-state index is 0.114. The molecule has 0 N–H and O–H groups in total. The van der Waals surface area contributed by atoms with Gasteiger partial charge in [-0.25, -0.2) is 17.8 Å². The summed E-state index contributed by atoms with van der Waals surface area (Å²) in [7, 11) is -1.91. The Labute approximate surface area is 169 Å². The van der Waals surface area contributed by atoms with Crippen LogP contribution in [0.2, 0.25) is 0 Å². The van der Waals surface area contributed by atoms with E-state index in [1.807, 2.05) is 6.07 Å². The van der Waals surface area contributed by atoms with E-state index in [9.17, 15) is 12.8 Å². The van der Waals surface area contributed by atoms with Crippen molar-refractivity contribution in [3.8, 4) is 0 Å². The molecule has 1 fully saturated rings. The molecule has 0 unspecified atom stereocenters. The predicted molar refractivity (Wildman–Crippen MR) is 104 cm³/mol. The van der Waals surface area contributed by atoms with Crippen LogP contribution >= 0.6 is 0 Å². The Morgan fingerprint density at radius 1 is 1.34 bits per heavy atom. The molecule has 9 heteroatoms. The molecule has 1 saturated heterocycles. The van der Waals surface area contributed by atoms with Gasteiger partial charge in [0.05, 0.1) is 11.9 Å². The molecule has 1 aromatic carbocycles. The lowest BCUT2D eigenvalue weighted by Gasteiger charge is -2.30. The predicted octanol–water partition coefficient (Wildman–Crippen LogP) is 3.01. The standard InChI is InChI=1S/C20H23FN4O3S/c1-14-19(13-24(2)23-14)29(26,27)25-8-4-6-16(12-25)20-22-11-18(28-20)10-15-5-3-7-17(21)9-15/h3,5,7,9,11,13,16H,4,6,8,10,12H2,1-2H3/t16-/m0/s1. The molecule has 0 spiro atoms. The third-order valence-electron chi connectivity index (χ3n) is 5.16. The molecule has 4 rings (SSSR count). The van der Waals surface area contributed by atoms with Crippen molar-refractivity contribution >= 4 is 10.0 Å². The van der Waals surface area contributed by atoms with Crippen molar-refractivity contribution in [2.75, 3.05) is 13.1 Å². The first kappa shape index (κ1) is 19.8. The summed E-state index contributed by atoms with van der Waals surface area (Å²) in [6, 6.07) is 6.35. The molecule has 29 heavy (non-hydrogen) atoms. The highest BCUT2D eigenvalue weighted by Crippen LogP contribution is 2.31. The molecule has 0 bridgehead atoms. The van der Waals surface area contributed by atoms with E-state index in [1.54, 1.807) is 26.2 Å². The van der Waals surface area contributed by atoms with Crippen LogP contribution in [-0.2, 0) is 23.5 Å². The minimum Gasteiger partial charge on any atom is -0.445 e. The number of rotatable bonds is 5. The lowest BCUT2D eigenvalue weighted by atomic mass is 10.00. The Kier molecular flexibility index (Phi) is 5.26. The van der Waals surface area contributed by atoms with Gasteiger partial charge in [0, 0.05) is 38.7 Å². The number of halogens is 1. The second kappa shape index (κ2) is 7.72. The molecule has 3 heterocycles. The number of hydrogen-bond donors (Lipinski definition) is 0. The molecule has 0 amide bonds. The molecule has 1 aliphatic heterocycles. The van der Waals surface area contributed by atoms with E-state index >= 15 is 0 Å². The Bertz CT molecular complexity index is 1120. The highest BCUT2D eigenvalue weighted by molar-refractivity contribution is 7.89. The number of oxazole rings is 1. The molecular formula is C20H23FN4O3S. The molecule has 0 radical (unpaired) electrons. The normalized spacial score (nSPS) is 18.2. The van der Waals surface area contributed by atoms with Gasteiger partial charge in [0.1, 0.15) is 16.5 Å². The maximum atomic E-state index is 13.4. The van der Waals surface area contributed by atoms with E-state index in [0.29, 0.717) is 36.9 Å². The Balaban J connectivity index is 1.50. The van der Waals surface area contributed by atoms with Crippen LogP contribution in [0.3, 0.4) is 0 Å². The first-order valence-electron chi connectivity index (χ1n) is 9.52. The summed E-state index contributed by atoms with van der Waals surface area (Å²) >= 11 is 0. The van der Waals surface area contributed by atoms with Crippen molar-refractivity contribution in [2.45, 2.75) is 37.0 Å². The minimum atomic E-state index is -3.62. The van der Waals surface area contributed by atoms with Gasteiger partial charge < -0.3 is 4.42 Å².